The molecule has 0 aliphatic heterocycles. The van der Waals surface area contributed by atoms with Crippen LogP contribution in [0.5, 0.6) is 0 Å². The van der Waals surface area contributed by atoms with Crippen LogP contribution in [-0.2, 0) is 12.8 Å². The molecule has 1 aliphatic carbocycles. The van der Waals surface area contributed by atoms with E-state index in [1.807, 2.05) is 6.92 Å². The van der Waals surface area contributed by atoms with Crippen LogP contribution in [0.2, 0.25) is 0 Å². The predicted octanol–water partition coefficient (Wildman–Crippen LogP) is 4.24. The summed E-state index contributed by atoms with van der Waals surface area (Å²) < 4.78 is 19.7. The topological polar surface area (TPSA) is 51.8 Å². The van der Waals surface area contributed by atoms with Gasteiger partial charge in [-0.05, 0) is 48.9 Å². The third kappa shape index (κ3) is 2.94. The van der Waals surface area contributed by atoms with Gasteiger partial charge in [0.1, 0.15) is 17.3 Å². The number of aromatic nitrogens is 3. The average molecular weight is 323 g/mol. The number of nitrogens with zero attached hydrogens (tertiary/aromatic N) is 3. The smallest absolute Gasteiger partial charge is 0.247 e. The van der Waals surface area contributed by atoms with Crippen LogP contribution in [0.25, 0.3) is 11.6 Å². The standard InChI is InChI=1S/C19H18FN3O/c1-12-7-14(9-15(20)8-12)13-3-2-4-18-16(10-13)23-19(24-18)17-11-21-5-6-22-17/h5-9,11,13H,2-4,10H2,1H3. The minimum Gasteiger partial charge on any atom is -0.440 e. The minimum absolute atomic E-state index is 0.171. The number of hydrogen-bond acceptors (Lipinski definition) is 4. The Labute approximate surface area is 139 Å². The zero-order valence-electron chi connectivity index (χ0n) is 13.5. The van der Waals surface area contributed by atoms with Gasteiger partial charge in [0.15, 0.2) is 0 Å². The molecule has 0 fully saturated rings. The van der Waals surface area contributed by atoms with Crippen molar-refractivity contribution in [1.29, 1.82) is 0 Å². The number of fused-ring (bicyclic) bond motifs is 1. The lowest BCUT2D eigenvalue weighted by Gasteiger charge is -2.15. The van der Waals surface area contributed by atoms with Crippen molar-refractivity contribution in [3.8, 4) is 11.6 Å². The maximum absolute atomic E-state index is 13.8. The summed E-state index contributed by atoms with van der Waals surface area (Å²) >= 11 is 0. The van der Waals surface area contributed by atoms with Gasteiger partial charge in [-0.3, -0.25) is 4.98 Å². The summed E-state index contributed by atoms with van der Waals surface area (Å²) in [4.78, 5) is 13.0. The minimum atomic E-state index is -0.171. The third-order valence-corrected chi connectivity index (χ3v) is 4.49. The van der Waals surface area contributed by atoms with Crippen LogP contribution >= 0.6 is 0 Å². The first-order valence-corrected chi connectivity index (χ1v) is 8.21. The molecular weight excluding hydrogens is 305 g/mol. The number of oxazole rings is 1. The lowest BCUT2D eigenvalue weighted by molar-refractivity contribution is 0.504. The van der Waals surface area contributed by atoms with E-state index in [0.29, 0.717) is 11.6 Å². The van der Waals surface area contributed by atoms with Crippen molar-refractivity contribution in [3.63, 3.8) is 0 Å². The summed E-state index contributed by atoms with van der Waals surface area (Å²) in [6, 6.07) is 5.28. The average Bonchev–Trinajstić information content (AvgIpc) is 2.86. The number of aryl methyl sites for hydroxylation is 2. The van der Waals surface area contributed by atoms with Crippen LogP contribution in [0, 0.1) is 12.7 Å². The molecule has 0 amide bonds. The fourth-order valence-electron chi connectivity index (χ4n) is 3.39. The largest absolute Gasteiger partial charge is 0.440 e. The Morgan fingerprint density at radius 3 is 2.92 bits per heavy atom. The molecule has 1 aromatic carbocycles. The molecule has 0 saturated heterocycles. The Kier molecular flexibility index (Phi) is 3.84. The van der Waals surface area contributed by atoms with Gasteiger partial charge in [0.25, 0.3) is 0 Å². The van der Waals surface area contributed by atoms with Crippen molar-refractivity contribution in [2.45, 2.75) is 38.5 Å². The van der Waals surface area contributed by atoms with Crippen molar-refractivity contribution in [2.75, 3.05) is 0 Å². The van der Waals surface area contributed by atoms with Crippen molar-refractivity contribution < 1.29 is 8.81 Å². The summed E-state index contributed by atoms with van der Waals surface area (Å²) in [7, 11) is 0. The van der Waals surface area contributed by atoms with Gasteiger partial charge in [-0.2, -0.15) is 0 Å². The van der Waals surface area contributed by atoms with E-state index in [9.17, 15) is 4.39 Å². The SMILES string of the molecule is Cc1cc(F)cc(C2CCCc3oc(-c4cnccn4)nc3C2)c1. The number of rotatable bonds is 2. The maximum atomic E-state index is 13.8. The zero-order valence-corrected chi connectivity index (χ0v) is 13.5. The number of halogens is 1. The Morgan fingerprint density at radius 2 is 2.12 bits per heavy atom. The summed E-state index contributed by atoms with van der Waals surface area (Å²) in [5.74, 6) is 1.53. The van der Waals surface area contributed by atoms with Gasteiger partial charge in [0.2, 0.25) is 5.89 Å². The molecule has 0 saturated carbocycles. The molecule has 0 N–H and O–H groups in total. The summed E-state index contributed by atoms with van der Waals surface area (Å²) in [6.07, 6.45) is 8.54. The zero-order chi connectivity index (χ0) is 16.5. The van der Waals surface area contributed by atoms with E-state index < -0.39 is 0 Å². The Morgan fingerprint density at radius 1 is 1.21 bits per heavy atom. The third-order valence-electron chi connectivity index (χ3n) is 4.49. The van der Waals surface area contributed by atoms with Crippen molar-refractivity contribution in [3.05, 3.63) is 65.2 Å². The maximum Gasteiger partial charge on any atom is 0.247 e. The fourth-order valence-corrected chi connectivity index (χ4v) is 3.39. The number of hydrogen-bond donors (Lipinski definition) is 0. The second kappa shape index (κ2) is 6.15. The van der Waals surface area contributed by atoms with Gasteiger partial charge >= 0.3 is 0 Å². The van der Waals surface area contributed by atoms with Crippen LogP contribution in [0.1, 0.15) is 41.3 Å². The van der Waals surface area contributed by atoms with Crippen LogP contribution in [0.3, 0.4) is 0 Å². The van der Waals surface area contributed by atoms with Crippen molar-refractivity contribution in [2.24, 2.45) is 0 Å². The molecular formula is C19H18FN3O. The highest BCUT2D eigenvalue weighted by atomic mass is 19.1. The Bertz CT molecular complexity index is 840. The second-order valence-corrected chi connectivity index (χ2v) is 6.33. The second-order valence-electron chi connectivity index (χ2n) is 6.33. The van der Waals surface area contributed by atoms with Crippen molar-refractivity contribution >= 4 is 0 Å². The first-order valence-electron chi connectivity index (χ1n) is 8.21. The molecule has 4 nitrogen and oxygen atoms in total. The molecule has 2 aromatic heterocycles. The molecule has 1 unspecified atom stereocenters. The lowest BCUT2D eigenvalue weighted by Crippen LogP contribution is -2.03. The van der Waals surface area contributed by atoms with Crippen LogP contribution in [0.4, 0.5) is 4.39 Å². The molecule has 3 aromatic rings. The van der Waals surface area contributed by atoms with Crippen LogP contribution < -0.4 is 0 Å². The van der Waals surface area contributed by atoms with Gasteiger partial charge in [-0.15, -0.1) is 0 Å². The van der Waals surface area contributed by atoms with Crippen LogP contribution in [0.15, 0.2) is 41.2 Å². The van der Waals surface area contributed by atoms with Gasteiger partial charge < -0.3 is 4.42 Å². The molecule has 4 rings (SSSR count). The lowest BCUT2D eigenvalue weighted by atomic mass is 9.90. The van der Waals surface area contributed by atoms with Gasteiger partial charge in [0, 0.05) is 25.2 Å². The Balaban J connectivity index is 1.66. The van der Waals surface area contributed by atoms with Gasteiger partial charge in [0.05, 0.1) is 11.9 Å². The van der Waals surface area contributed by atoms with E-state index in [0.717, 1.165) is 48.3 Å². The highest BCUT2D eigenvalue weighted by molar-refractivity contribution is 5.46. The van der Waals surface area contributed by atoms with Crippen molar-refractivity contribution in [1.82, 2.24) is 15.0 Å². The quantitative estimate of drug-likeness (QED) is 0.662. The summed E-state index contributed by atoms with van der Waals surface area (Å²) in [6.45, 7) is 1.93. The molecule has 24 heavy (non-hydrogen) atoms. The summed E-state index contributed by atoms with van der Waals surface area (Å²) in [5.41, 5.74) is 3.60. The van der Waals surface area contributed by atoms with E-state index >= 15 is 0 Å². The normalized spacial score (nSPS) is 17.3. The van der Waals surface area contributed by atoms with Gasteiger partial charge in [-0.1, -0.05) is 6.07 Å². The van der Waals surface area contributed by atoms with Gasteiger partial charge in [-0.25, -0.2) is 14.4 Å². The molecule has 5 heteroatoms. The summed E-state index contributed by atoms with van der Waals surface area (Å²) in [5, 5.41) is 0. The van der Waals surface area contributed by atoms with E-state index in [1.165, 1.54) is 0 Å². The number of benzene rings is 1. The molecule has 0 bridgehead atoms. The molecule has 122 valence electrons. The highest BCUT2D eigenvalue weighted by Crippen LogP contribution is 2.34. The molecule has 0 spiro atoms. The predicted molar refractivity (Wildman–Crippen MR) is 88.0 cm³/mol. The molecule has 1 aliphatic rings. The first-order chi connectivity index (χ1) is 11.7. The molecule has 1 atom stereocenters. The molecule has 2 heterocycles. The van der Waals surface area contributed by atoms with Crippen LogP contribution in [-0.4, -0.2) is 15.0 Å². The van der Waals surface area contributed by atoms with E-state index in [1.54, 1.807) is 30.7 Å². The van der Waals surface area contributed by atoms with E-state index in [4.69, 9.17) is 4.42 Å². The van der Waals surface area contributed by atoms with E-state index in [-0.39, 0.29) is 11.7 Å². The molecule has 0 radical (unpaired) electrons. The Hall–Kier alpha value is -2.56. The fraction of sp³-hybridized carbons (Fsp3) is 0.316. The highest BCUT2D eigenvalue weighted by Gasteiger charge is 2.24. The van der Waals surface area contributed by atoms with E-state index in [2.05, 4.69) is 21.0 Å². The first kappa shape index (κ1) is 15.0. The monoisotopic (exact) mass is 323 g/mol.